The van der Waals surface area contributed by atoms with Crippen LogP contribution in [-0.4, -0.2) is 12.1 Å². The van der Waals surface area contributed by atoms with Gasteiger partial charge in [0.05, 0.1) is 16.1 Å². The van der Waals surface area contributed by atoms with Crippen LogP contribution >= 0.6 is 31.9 Å². The van der Waals surface area contributed by atoms with Crippen LogP contribution in [0.4, 0.5) is 0 Å². The number of nitrogens with zero attached hydrogens (tertiary/aromatic N) is 1. The van der Waals surface area contributed by atoms with Gasteiger partial charge in [-0.15, -0.1) is 0 Å². The Labute approximate surface area is 136 Å². The highest BCUT2D eigenvalue weighted by atomic mass is 79.9. The molecule has 0 atom stereocenters. The number of halogens is 2. The van der Waals surface area contributed by atoms with Crippen LogP contribution in [0.25, 0.3) is 0 Å². The summed E-state index contributed by atoms with van der Waals surface area (Å²) in [7, 11) is 1.66. The van der Waals surface area contributed by atoms with Crippen LogP contribution in [0.1, 0.15) is 16.7 Å². The number of methoxy groups -OCH3 is 1. The first-order valence-electron chi connectivity index (χ1n) is 6.24. The summed E-state index contributed by atoms with van der Waals surface area (Å²) in [6, 6.07) is 6.17. The van der Waals surface area contributed by atoms with E-state index in [1.807, 2.05) is 18.5 Å². The summed E-state index contributed by atoms with van der Waals surface area (Å²) in [4.78, 5) is 4.10. The van der Waals surface area contributed by atoms with Crippen molar-refractivity contribution in [1.82, 2.24) is 10.3 Å². The molecule has 0 saturated heterocycles. The number of hydrogen-bond donors (Lipinski definition) is 1. The standard InChI is InChI=1S/C15H16Br2N2O/c1-10-7-18-4-3-12(10)9-19-8-11-5-13(16)15(20-2)14(17)6-11/h3-7,19H,8-9H2,1-2H3. The van der Waals surface area contributed by atoms with E-state index in [4.69, 9.17) is 4.74 Å². The molecule has 0 saturated carbocycles. The highest BCUT2D eigenvalue weighted by Crippen LogP contribution is 2.34. The van der Waals surface area contributed by atoms with Crippen molar-refractivity contribution < 1.29 is 4.74 Å². The van der Waals surface area contributed by atoms with E-state index in [-0.39, 0.29) is 0 Å². The molecule has 0 unspecified atom stereocenters. The van der Waals surface area contributed by atoms with E-state index in [1.165, 1.54) is 16.7 Å². The molecule has 0 aliphatic heterocycles. The van der Waals surface area contributed by atoms with Crippen LogP contribution in [-0.2, 0) is 13.1 Å². The van der Waals surface area contributed by atoms with Gasteiger partial charge in [0.2, 0.25) is 0 Å². The molecule has 0 radical (unpaired) electrons. The normalized spacial score (nSPS) is 10.6. The van der Waals surface area contributed by atoms with Gasteiger partial charge in [-0.05, 0) is 73.7 Å². The zero-order valence-electron chi connectivity index (χ0n) is 11.4. The van der Waals surface area contributed by atoms with Gasteiger partial charge in [-0.25, -0.2) is 0 Å². The topological polar surface area (TPSA) is 34.1 Å². The Morgan fingerprint density at radius 1 is 1.20 bits per heavy atom. The lowest BCUT2D eigenvalue weighted by Crippen LogP contribution is -2.13. The number of aryl methyl sites for hydroxylation is 1. The van der Waals surface area contributed by atoms with Gasteiger partial charge in [0.25, 0.3) is 0 Å². The van der Waals surface area contributed by atoms with Gasteiger partial charge >= 0.3 is 0 Å². The van der Waals surface area contributed by atoms with Crippen LogP contribution in [0, 0.1) is 6.92 Å². The van der Waals surface area contributed by atoms with Gasteiger partial charge in [0, 0.05) is 25.5 Å². The van der Waals surface area contributed by atoms with E-state index in [0.717, 1.165) is 27.8 Å². The third-order valence-corrected chi connectivity index (χ3v) is 4.22. The summed E-state index contributed by atoms with van der Waals surface area (Å²) in [5, 5.41) is 3.44. The van der Waals surface area contributed by atoms with Crippen LogP contribution in [0.2, 0.25) is 0 Å². The van der Waals surface area contributed by atoms with Crippen molar-refractivity contribution in [2.24, 2.45) is 0 Å². The maximum absolute atomic E-state index is 5.30. The van der Waals surface area contributed by atoms with Crippen LogP contribution < -0.4 is 10.1 Å². The highest BCUT2D eigenvalue weighted by molar-refractivity contribution is 9.11. The van der Waals surface area contributed by atoms with Crippen LogP contribution in [0.3, 0.4) is 0 Å². The molecule has 0 aliphatic rings. The van der Waals surface area contributed by atoms with E-state index in [9.17, 15) is 0 Å². The number of rotatable bonds is 5. The van der Waals surface area contributed by atoms with Gasteiger partial charge in [-0.2, -0.15) is 0 Å². The smallest absolute Gasteiger partial charge is 0.147 e. The Balaban J connectivity index is 2.00. The molecule has 1 heterocycles. The maximum Gasteiger partial charge on any atom is 0.147 e. The van der Waals surface area contributed by atoms with Gasteiger partial charge in [-0.1, -0.05) is 0 Å². The molecule has 20 heavy (non-hydrogen) atoms. The van der Waals surface area contributed by atoms with Gasteiger partial charge in [0.15, 0.2) is 0 Å². The molecule has 1 aromatic carbocycles. The van der Waals surface area contributed by atoms with E-state index in [0.29, 0.717) is 0 Å². The highest BCUT2D eigenvalue weighted by Gasteiger charge is 2.07. The van der Waals surface area contributed by atoms with Crippen molar-refractivity contribution in [3.63, 3.8) is 0 Å². The summed E-state index contributed by atoms with van der Waals surface area (Å²) >= 11 is 7.03. The molecule has 1 N–H and O–H groups in total. The second-order valence-electron chi connectivity index (χ2n) is 4.50. The fourth-order valence-electron chi connectivity index (χ4n) is 1.95. The predicted octanol–water partition coefficient (Wildman–Crippen LogP) is 4.21. The summed E-state index contributed by atoms with van der Waals surface area (Å²) in [5.41, 5.74) is 3.67. The number of aromatic nitrogens is 1. The molecular formula is C15H16Br2N2O. The van der Waals surface area contributed by atoms with E-state index in [2.05, 4.69) is 61.2 Å². The first-order chi connectivity index (χ1) is 9.61. The molecule has 2 aromatic rings. The zero-order valence-corrected chi connectivity index (χ0v) is 14.6. The van der Waals surface area contributed by atoms with Crippen molar-refractivity contribution in [2.75, 3.05) is 7.11 Å². The summed E-state index contributed by atoms with van der Waals surface area (Å²) in [5.74, 6) is 0.818. The van der Waals surface area contributed by atoms with Crippen LogP contribution in [0.5, 0.6) is 5.75 Å². The minimum Gasteiger partial charge on any atom is -0.494 e. The molecule has 0 aliphatic carbocycles. The predicted molar refractivity (Wildman–Crippen MR) is 87.9 cm³/mol. The summed E-state index contributed by atoms with van der Waals surface area (Å²) in [6.45, 7) is 3.70. The summed E-state index contributed by atoms with van der Waals surface area (Å²) < 4.78 is 7.20. The Kier molecular flexibility index (Phi) is 5.57. The summed E-state index contributed by atoms with van der Waals surface area (Å²) in [6.07, 6.45) is 3.71. The van der Waals surface area contributed by atoms with Gasteiger partial charge in [-0.3, -0.25) is 4.98 Å². The van der Waals surface area contributed by atoms with E-state index in [1.54, 1.807) is 7.11 Å². The second kappa shape index (κ2) is 7.20. The van der Waals surface area contributed by atoms with Crippen molar-refractivity contribution in [3.8, 4) is 5.75 Å². The molecule has 5 heteroatoms. The minimum absolute atomic E-state index is 0.795. The number of benzene rings is 1. The Bertz CT molecular complexity index is 579. The molecule has 2 rings (SSSR count). The quantitative estimate of drug-likeness (QED) is 0.817. The van der Waals surface area contributed by atoms with Crippen molar-refractivity contribution in [3.05, 3.63) is 56.2 Å². The minimum atomic E-state index is 0.795. The van der Waals surface area contributed by atoms with Gasteiger partial charge < -0.3 is 10.1 Å². The van der Waals surface area contributed by atoms with Gasteiger partial charge in [0.1, 0.15) is 5.75 Å². The molecule has 0 fully saturated rings. The Hall–Kier alpha value is -0.910. The second-order valence-corrected chi connectivity index (χ2v) is 6.21. The number of pyridine rings is 1. The lowest BCUT2D eigenvalue weighted by molar-refractivity contribution is 0.409. The third kappa shape index (κ3) is 3.81. The molecule has 3 nitrogen and oxygen atoms in total. The Morgan fingerprint density at radius 2 is 1.90 bits per heavy atom. The van der Waals surface area contributed by atoms with Crippen molar-refractivity contribution in [1.29, 1.82) is 0 Å². The fourth-order valence-corrected chi connectivity index (χ4v) is 3.56. The molecule has 0 bridgehead atoms. The van der Waals surface area contributed by atoms with E-state index >= 15 is 0 Å². The number of nitrogens with one attached hydrogen (secondary N) is 1. The SMILES string of the molecule is COc1c(Br)cc(CNCc2ccncc2C)cc1Br. The number of hydrogen-bond acceptors (Lipinski definition) is 3. The van der Waals surface area contributed by atoms with Crippen molar-refractivity contribution >= 4 is 31.9 Å². The fraction of sp³-hybridized carbons (Fsp3) is 0.267. The van der Waals surface area contributed by atoms with Crippen molar-refractivity contribution in [2.45, 2.75) is 20.0 Å². The van der Waals surface area contributed by atoms with E-state index < -0.39 is 0 Å². The number of ether oxygens (including phenoxy) is 1. The largest absolute Gasteiger partial charge is 0.494 e. The third-order valence-electron chi connectivity index (χ3n) is 3.04. The average molecular weight is 400 g/mol. The monoisotopic (exact) mass is 398 g/mol. The molecule has 0 spiro atoms. The Morgan fingerprint density at radius 3 is 2.50 bits per heavy atom. The molecular weight excluding hydrogens is 384 g/mol. The molecule has 0 amide bonds. The van der Waals surface area contributed by atoms with Crippen LogP contribution in [0.15, 0.2) is 39.5 Å². The lowest BCUT2D eigenvalue weighted by Gasteiger charge is -2.11. The first-order valence-corrected chi connectivity index (χ1v) is 7.82. The maximum atomic E-state index is 5.30. The average Bonchev–Trinajstić information content (AvgIpc) is 2.41. The molecule has 1 aromatic heterocycles. The first kappa shape index (κ1) is 15.5. The molecule has 106 valence electrons. The zero-order chi connectivity index (χ0) is 14.5. The lowest BCUT2D eigenvalue weighted by atomic mass is 10.1.